The molecule has 1 unspecified atom stereocenters. The van der Waals surface area contributed by atoms with Crippen molar-refractivity contribution in [1.82, 2.24) is 0 Å². The number of halogens is 1. The maximum absolute atomic E-state index is 5.87. The maximum Gasteiger partial charge on any atom is 0.154 e. The zero-order valence-electron chi connectivity index (χ0n) is 9.19. The van der Waals surface area contributed by atoms with E-state index in [1.807, 2.05) is 36.4 Å². The molecule has 0 fully saturated rings. The minimum atomic E-state index is -0.0952. The number of anilines is 1. The van der Waals surface area contributed by atoms with Crippen LogP contribution in [0, 0.1) is 0 Å². The van der Waals surface area contributed by atoms with E-state index in [1.54, 1.807) is 0 Å². The van der Waals surface area contributed by atoms with Gasteiger partial charge < -0.3 is 10.1 Å². The van der Waals surface area contributed by atoms with Crippen LogP contribution in [0.4, 0.5) is 5.69 Å². The van der Waals surface area contributed by atoms with Crippen molar-refractivity contribution < 1.29 is 4.74 Å². The Hall–Kier alpha value is -1.51. The van der Waals surface area contributed by atoms with E-state index in [-0.39, 0.29) is 6.23 Å². The van der Waals surface area contributed by atoms with Crippen molar-refractivity contribution in [3.8, 4) is 0 Å². The third kappa shape index (κ3) is 2.14. The van der Waals surface area contributed by atoms with Crippen molar-refractivity contribution in [3.05, 3.63) is 64.7 Å². The lowest BCUT2D eigenvalue weighted by Crippen LogP contribution is -2.20. The Kier molecular flexibility index (Phi) is 2.75. The monoisotopic (exact) mass is 245 g/mol. The maximum atomic E-state index is 5.87. The Morgan fingerprint density at radius 1 is 1.06 bits per heavy atom. The summed E-state index contributed by atoms with van der Waals surface area (Å²) in [6.45, 7) is 0.635. The van der Waals surface area contributed by atoms with Gasteiger partial charge in [-0.3, -0.25) is 0 Å². The Bertz CT molecular complexity index is 524. The molecule has 0 amide bonds. The van der Waals surface area contributed by atoms with Crippen molar-refractivity contribution in [2.24, 2.45) is 0 Å². The number of hydrogen-bond donors (Lipinski definition) is 1. The van der Waals surface area contributed by atoms with Gasteiger partial charge >= 0.3 is 0 Å². The lowest BCUT2D eigenvalue weighted by molar-refractivity contribution is 0.0507. The summed E-state index contributed by atoms with van der Waals surface area (Å²) >= 11 is 5.87. The number of para-hydroxylation sites is 1. The van der Waals surface area contributed by atoms with E-state index >= 15 is 0 Å². The van der Waals surface area contributed by atoms with Gasteiger partial charge in [-0.05, 0) is 18.2 Å². The van der Waals surface area contributed by atoms with Gasteiger partial charge in [0.2, 0.25) is 0 Å². The molecule has 0 aromatic heterocycles. The summed E-state index contributed by atoms with van der Waals surface area (Å²) in [4.78, 5) is 0. The van der Waals surface area contributed by atoms with Crippen LogP contribution in [0.5, 0.6) is 0 Å². The zero-order valence-corrected chi connectivity index (χ0v) is 9.95. The summed E-state index contributed by atoms with van der Waals surface area (Å²) in [5.41, 5.74) is 3.42. The van der Waals surface area contributed by atoms with Gasteiger partial charge in [0.25, 0.3) is 0 Å². The minimum absolute atomic E-state index is 0.0952. The Labute approximate surface area is 105 Å². The fraction of sp³-hybridized carbons (Fsp3) is 0.143. The lowest BCUT2D eigenvalue weighted by atomic mass is 10.1. The number of fused-ring (bicyclic) bond motifs is 1. The van der Waals surface area contributed by atoms with E-state index in [0.717, 1.165) is 16.3 Å². The van der Waals surface area contributed by atoms with Crippen molar-refractivity contribution in [1.29, 1.82) is 0 Å². The summed E-state index contributed by atoms with van der Waals surface area (Å²) in [6, 6.07) is 15.9. The largest absolute Gasteiger partial charge is 0.356 e. The third-order valence-electron chi connectivity index (χ3n) is 2.88. The summed E-state index contributed by atoms with van der Waals surface area (Å²) in [5, 5.41) is 4.11. The minimum Gasteiger partial charge on any atom is -0.356 e. The van der Waals surface area contributed by atoms with Gasteiger partial charge in [0, 0.05) is 21.8 Å². The molecule has 0 aliphatic carbocycles. The highest BCUT2D eigenvalue weighted by Gasteiger charge is 2.18. The van der Waals surface area contributed by atoms with Crippen molar-refractivity contribution in [3.63, 3.8) is 0 Å². The molecule has 86 valence electrons. The molecular formula is C14H12ClNO. The van der Waals surface area contributed by atoms with Crippen molar-refractivity contribution in [2.45, 2.75) is 12.8 Å². The molecule has 3 heteroatoms. The molecule has 0 bridgehead atoms. The lowest BCUT2D eigenvalue weighted by Gasteiger charge is -2.27. The van der Waals surface area contributed by atoms with E-state index in [9.17, 15) is 0 Å². The van der Waals surface area contributed by atoms with Gasteiger partial charge in [0.15, 0.2) is 6.23 Å². The first kappa shape index (κ1) is 10.6. The predicted octanol–water partition coefficient (Wildman–Crippen LogP) is 3.98. The van der Waals surface area contributed by atoms with Crippen LogP contribution in [0.3, 0.4) is 0 Å². The highest BCUT2D eigenvalue weighted by molar-refractivity contribution is 6.30. The number of nitrogens with one attached hydrogen (secondary N) is 1. The molecule has 2 nitrogen and oxygen atoms in total. The molecule has 1 aliphatic rings. The normalized spacial score (nSPS) is 18.3. The first-order chi connectivity index (χ1) is 8.33. The Balaban J connectivity index is 1.86. The smallest absolute Gasteiger partial charge is 0.154 e. The highest BCUT2D eigenvalue weighted by Crippen LogP contribution is 2.30. The molecule has 2 aromatic rings. The SMILES string of the molecule is Clc1ccc(C2Nc3ccccc3CO2)cc1. The van der Waals surface area contributed by atoms with E-state index < -0.39 is 0 Å². The summed E-state index contributed by atoms with van der Waals surface area (Å²) in [7, 11) is 0. The van der Waals surface area contributed by atoms with Gasteiger partial charge in [0.1, 0.15) is 0 Å². The molecule has 1 heterocycles. The first-order valence-corrected chi connectivity index (χ1v) is 5.92. The van der Waals surface area contributed by atoms with Crippen LogP contribution in [0.15, 0.2) is 48.5 Å². The highest BCUT2D eigenvalue weighted by atomic mass is 35.5. The van der Waals surface area contributed by atoms with Gasteiger partial charge in [-0.25, -0.2) is 0 Å². The number of benzene rings is 2. The number of ether oxygens (including phenoxy) is 1. The summed E-state index contributed by atoms with van der Waals surface area (Å²) < 4.78 is 5.78. The summed E-state index contributed by atoms with van der Waals surface area (Å²) in [6.07, 6.45) is -0.0952. The van der Waals surface area contributed by atoms with Crippen LogP contribution in [0.2, 0.25) is 5.02 Å². The van der Waals surface area contributed by atoms with Crippen LogP contribution < -0.4 is 5.32 Å². The molecule has 1 N–H and O–H groups in total. The average Bonchev–Trinajstić information content (AvgIpc) is 2.39. The van der Waals surface area contributed by atoms with Gasteiger partial charge in [0.05, 0.1) is 6.61 Å². The molecule has 3 rings (SSSR count). The topological polar surface area (TPSA) is 21.3 Å². The fourth-order valence-electron chi connectivity index (χ4n) is 1.96. The van der Waals surface area contributed by atoms with Crippen molar-refractivity contribution >= 4 is 17.3 Å². The van der Waals surface area contributed by atoms with Gasteiger partial charge in [-0.2, -0.15) is 0 Å². The molecule has 0 radical (unpaired) electrons. The zero-order chi connectivity index (χ0) is 11.7. The molecule has 0 saturated heterocycles. The molecular weight excluding hydrogens is 234 g/mol. The first-order valence-electron chi connectivity index (χ1n) is 5.54. The Morgan fingerprint density at radius 2 is 1.82 bits per heavy atom. The van der Waals surface area contributed by atoms with Gasteiger partial charge in [-0.15, -0.1) is 0 Å². The second kappa shape index (κ2) is 4.40. The second-order valence-electron chi connectivity index (χ2n) is 4.04. The molecule has 1 atom stereocenters. The molecule has 17 heavy (non-hydrogen) atoms. The quantitative estimate of drug-likeness (QED) is 0.821. The number of hydrogen-bond acceptors (Lipinski definition) is 2. The van der Waals surface area contributed by atoms with Crippen LogP contribution in [0.1, 0.15) is 17.4 Å². The molecule has 0 spiro atoms. The van der Waals surface area contributed by atoms with Gasteiger partial charge in [-0.1, -0.05) is 41.9 Å². The van der Waals surface area contributed by atoms with Crippen LogP contribution in [0.25, 0.3) is 0 Å². The van der Waals surface area contributed by atoms with Crippen LogP contribution >= 0.6 is 11.6 Å². The van der Waals surface area contributed by atoms with Crippen molar-refractivity contribution in [2.75, 3.05) is 5.32 Å². The second-order valence-corrected chi connectivity index (χ2v) is 4.48. The van der Waals surface area contributed by atoms with E-state index in [4.69, 9.17) is 16.3 Å². The standard InChI is InChI=1S/C14H12ClNO/c15-12-7-5-10(6-8-12)14-16-13-4-2-1-3-11(13)9-17-14/h1-8,14,16H,9H2. The molecule has 0 saturated carbocycles. The number of rotatable bonds is 1. The third-order valence-corrected chi connectivity index (χ3v) is 3.13. The van der Waals surface area contributed by atoms with E-state index in [2.05, 4.69) is 17.4 Å². The Morgan fingerprint density at radius 3 is 2.65 bits per heavy atom. The van der Waals surface area contributed by atoms with E-state index in [0.29, 0.717) is 6.61 Å². The average molecular weight is 246 g/mol. The van der Waals surface area contributed by atoms with Crippen LogP contribution in [-0.2, 0) is 11.3 Å². The molecule has 2 aromatic carbocycles. The van der Waals surface area contributed by atoms with Crippen LogP contribution in [-0.4, -0.2) is 0 Å². The van der Waals surface area contributed by atoms with E-state index in [1.165, 1.54) is 5.56 Å². The molecule has 1 aliphatic heterocycles. The predicted molar refractivity (Wildman–Crippen MR) is 69.0 cm³/mol. The fourth-order valence-corrected chi connectivity index (χ4v) is 2.09. The summed E-state index contributed by atoms with van der Waals surface area (Å²) in [5.74, 6) is 0.